The van der Waals surface area contributed by atoms with E-state index in [-0.39, 0.29) is 5.67 Å². The van der Waals surface area contributed by atoms with E-state index in [1.807, 2.05) is 0 Å². The van der Waals surface area contributed by atoms with Gasteiger partial charge in [-0.2, -0.15) is 0 Å². The highest BCUT2D eigenvalue weighted by Crippen LogP contribution is 2.14. The maximum Gasteiger partial charge on any atom is 0.517 e. The first-order valence-electron chi connectivity index (χ1n) is 5.09. The summed E-state index contributed by atoms with van der Waals surface area (Å²) in [6.07, 6.45) is 2.04. The second-order valence-corrected chi connectivity index (χ2v) is 6.26. The summed E-state index contributed by atoms with van der Waals surface area (Å²) in [5.74, 6) is 0. The van der Waals surface area contributed by atoms with Gasteiger partial charge in [0.25, 0.3) is 0 Å². The minimum atomic E-state index is -2.50. The van der Waals surface area contributed by atoms with E-state index in [1.165, 1.54) is 0 Å². The van der Waals surface area contributed by atoms with Crippen molar-refractivity contribution in [3.63, 3.8) is 0 Å². The highest BCUT2D eigenvalue weighted by atomic mass is 28.4. The largest absolute Gasteiger partial charge is 0.517 e. The maximum absolute atomic E-state index is 5.42. The first-order chi connectivity index (χ1) is 6.70. The molecule has 4 nitrogen and oxygen atoms in total. The molecule has 14 heavy (non-hydrogen) atoms. The summed E-state index contributed by atoms with van der Waals surface area (Å²) in [6.45, 7) is 5.20. The van der Waals surface area contributed by atoms with Crippen LogP contribution in [0, 0.1) is 0 Å². The molecule has 1 N–H and O–H groups in total. The summed E-state index contributed by atoms with van der Waals surface area (Å²) in [5, 5.41) is 3.40. The molecule has 0 aromatic carbocycles. The average Bonchev–Trinajstić information content (AvgIpc) is 2.25. The van der Waals surface area contributed by atoms with Crippen molar-refractivity contribution in [1.82, 2.24) is 5.32 Å². The van der Waals surface area contributed by atoms with Gasteiger partial charge in [0.1, 0.15) is 0 Å². The second-order valence-electron chi connectivity index (χ2n) is 3.13. The smallest absolute Gasteiger partial charge is 0.376 e. The molecule has 86 valence electrons. The SMILES string of the molecule is CCCNC(CC)[Si](OC)(OC)OC. The molecule has 0 amide bonds. The molecule has 0 rings (SSSR count). The number of rotatable bonds is 8. The van der Waals surface area contributed by atoms with Crippen LogP contribution in [0.2, 0.25) is 0 Å². The molecule has 0 saturated carbocycles. The first-order valence-corrected chi connectivity index (χ1v) is 6.89. The Morgan fingerprint density at radius 1 is 1.07 bits per heavy atom. The zero-order valence-electron chi connectivity index (χ0n) is 9.92. The van der Waals surface area contributed by atoms with Crippen LogP contribution in [0.3, 0.4) is 0 Å². The second kappa shape index (κ2) is 7.36. The van der Waals surface area contributed by atoms with Gasteiger partial charge in [-0.05, 0) is 19.4 Å². The normalized spacial score (nSPS) is 14.4. The zero-order chi connectivity index (χ0) is 11.0. The molecule has 0 bridgehead atoms. The Hall–Kier alpha value is 0.0569. The predicted molar refractivity (Wildman–Crippen MR) is 59.2 cm³/mol. The lowest BCUT2D eigenvalue weighted by atomic mass is 10.4. The van der Waals surface area contributed by atoms with Gasteiger partial charge in [0, 0.05) is 21.3 Å². The molecule has 1 atom stereocenters. The van der Waals surface area contributed by atoms with Gasteiger partial charge in [-0.25, -0.2) is 0 Å². The van der Waals surface area contributed by atoms with Crippen LogP contribution in [-0.4, -0.2) is 42.3 Å². The summed E-state index contributed by atoms with van der Waals surface area (Å²) in [4.78, 5) is 0. The van der Waals surface area contributed by atoms with E-state index < -0.39 is 8.80 Å². The Morgan fingerprint density at radius 3 is 1.86 bits per heavy atom. The summed E-state index contributed by atoms with van der Waals surface area (Å²) in [6, 6.07) is 0. The molecular weight excluding hydrogens is 198 g/mol. The number of hydrogen-bond donors (Lipinski definition) is 1. The average molecular weight is 221 g/mol. The molecule has 0 aliphatic heterocycles. The third kappa shape index (κ3) is 3.32. The molecule has 5 heteroatoms. The van der Waals surface area contributed by atoms with Crippen LogP contribution >= 0.6 is 0 Å². The van der Waals surface area contributed by atoms with E-state index in [0.29, 0.717) is 0 Å². The Balaban J connectivity index is 4.40. The fourth-order valence-electron chi connectivity index (χ4n) is 1.51. The maximum atomic E-state index is 5.42. The van der Waals surface area contributed by atoms with Gasteiger partial charge in [-0.15, -0.1) is 0 Å². The van der Waals surface area contributed by atoms with E-state index in [2.05, 4.69) is 19.2 Å². The van der Waals surface area contributed by atoms with Crippen molar-refractivity contribution in [2.75, 3.05) is 27.9 Å². The van der Waals surface area contributed by atoms with E-state index in [0.717, 1.165) is 19.4 Å². The van der Waals surface area contributed by atoms with Crippen molar-refractivity contribution in [3.8, 4) is 0 Å². The van der Waals surface area contributed by atoms with Crippen LogP contribution in [0.25, 0.3) is 0 Å². The van der Waals surface area contributed by atoms with E-state index in [1.54, 1.807) is 21.3 Å². The number of nitrogens with one attached hydrogen (secondary N) is 1. The monoisotopic (exact) mass is 221 g/mol. The van der Waals surface area contributed by atoms with Crippen LogP contribution in [0.5, 0.6) is 0 Å². The molecule has 0 saturated heterocycles. The molecule has 0 aliphatic rings. The lowest BCUT2D eigenvalue weighted by molar-refractivity contribution is 0.106. The van der Waals surface area contributed by atoms with Gasteiger partial charge in [-0.3, -0.25) is 0 Å². The highest BCUT2D eigenvalue weighted by molar-refractivity contribution is 6.62. The molecule has 0 fully saturated rings. The molecule has 0 aliphatic carbocycles. The Labute approximate surface area is 88.3 Å². The Morgan fingerprint density at radius 2 is 1.57 bits per heavy atom. The standard InChI is InChI=1S/C9H23NO3Si/c1-6-8-10-9(7-2)14(11-3,12-4)13-5/h9-10H,6-8H2,1-5H3. The van der Waals surface area contributed by atoms with E-state index in [9.17, 15) is 0 Å². The van der Waals surface area contributed by atoms with E-state index >= 15 is 0 Å². The van der Waals surface area contributed by atoms with Crippen molar-refractivity contribution in [1.29, 1.82) is 0 Å². The van der Waals surface area contributed by atoms with Crippen molar-refractivity contribution in [3.05, 3.63) is 0 Å². The van der Waals surface area contributed by atoms with Crippen LogP contribution in [0.15, 0.2) is 0 Å². The van der Waals surface area contributed by atoms with Gasteiger partial charge >= 0.3 is 8.80 Å². The molecular formula is C9H23NO3Si. The first kappa shape index (κ1) is 14.1. The third-order valence-corrected chi connectivity index (χ3v) is 5.50. The van der Waals surface area contributed by atoms with Crippen molar-refractivity contribution < 1.29 is 13.3 Å². The zero-order valence-corrected chi connectivity index (χ0v) is 10.9. The number of hydrogen-bond acceptors (Lipinski definition) is 4. The Kier molecular flexibility index (Phi) is 7.39. The van der Waals surface area contributed by atoms with Gasteiger partial charge in [0.15, 0.2) is 0 Å². The summed E-state index contributed by atoms with van der Waals surface area (Å²) >= 11 is 0. The molecule has 0 heterocycles. The van der Waals surface area contributed by atoms with Gasteiger partial charge < -0.3 is 18.6 Å². The third-order valence-electron chi connectivity index (χ3n) is 2.33. The summed E-state index contributed by atoms with van der Waals surface area (Å²) in [5.41, 5.74) is 0.183. The summed E-state index contributed by atoms with van der Waals surface area (Å²) < 4.78 is 16.3. The molecule has 0 spiro atoms. The fraction of sp³-hybridized carbons (Fsp3) is 1.00. The van der Waals surface area contributed by atoms with Crippen LogP contribution in [0.4, 0.5) is 0 Å². The lowest BCUT2D eigenvalue weighted by Gasteiger charge is -2.32. The minimum absolute atomic E-state index is 0.183. The minimum Gasteiger partial charge on any atom is -0.376 e. The van der Waals surface area contributed by atoms with Crippen molar-refractivity contribution >= 4 is 8.80 Å². The topological polar surface area (TPSA) is 39.7 Å². The quantitative estimate of drug-likeness (QED) is 0.625. The van der Waals surface area contributed by atoms with Crippen molar-refractivity contribution in [2.45, 2.75) is 32.4 Å². The predicted octanol–water partition coefficient (Wildman–Crippen LogP) is 1.18. The van der Waals surface area contributed by atoms with Gasteiger partial charge in [0.2, 0.25) is 0 Å². The van der Waals surface area contributed by atoms with Crippen LogP contribution in [-0.2, 0) is 13.3 Å². The van der Waals surface area contributed by atoms with E-state index in [4.69, 9.17) is 13.3 Å². The molecule has 0 radical (unpaired) electrons. The van der Waals surface area contributed by atoms with Crippen LogP contribution in [0.1, 0.15) is 26.7 Å². The lowest BCUT2D eigenvalue weighted by Crippen LogP contribution is -2.60. The van der Waals surface area contributed by atoms with Gasteiger partial charge in [0.05, 0.1) is 5.67 Å². The molecule has 0 aromatic heterocycles. The molecule has 1 unspecified atom stereocenters. The van der Waals surface area contributed by atoms with Gasteiger partial charge in [-0.1, -0.05) is 13.8 Å². The van der Waals surface area contributed by atoms with Crippen molar-refractivity contribution in [2.24, 2.45) is 0 Å². The van der Waals surface area contributed by atoms with Crippen LogP contribution < -0.4 is 5.32 Å². The molecule has 0 aromatic rings. The fourth-order valence-corrected chi connectivity index (χ4v) is 3.76. The summed E-state index contributed by atoms with van der Waals surface area (Å²) in [7, 11) is 2.45. The highest BCUT2D eigenvalue weighted by Gasteiger charge is 2.46. The Bertz CT molecular complexity index is 134.